The Morgan fingerprint density at radius 3 is 1.81 bits per heavy atom. The number of fused-ring (bicyclic) bond motifs is 1. The van der Waals surface area contributed by atoms with Crippen molar-refractivity contribution in [3.8, 4) is 5.75 Å². The molecule has 296 valence electrons. The van der Waals surface area contributed by atoms with Gasteiger partial charge in [0.15, 0.2) is 24.4 Å². The quantitative estimate of drug-likeness (QED) is 0.214. The average Bonchev–Trinajstić information content (AvgIpc) is 3.31. The highest BCUT2D eigenvalue weighted by molar-refractivity contribution is 5.89. The summed E-state index contributed by atoms with van der Waals surface area (Å²) in [5, 5.41) is 12.4. The number of esters is 7. The van der Waals surface area contributed by atoms with Crippen molar-refractivity contribution >= 4 is 41.8 Å². The van der Waals surface area contributed by atoms with E-state index in [-0.39, 0.29) is 5.56 Å². The highest BCUT2D eigenvalue weighted by atomic mass is 16.8. The van der Waals surface area contributed by atoms with E-state index in [1.165, 1.54) is 37.5 Å². The fraction of sp³-hybridized carbons (Fsp3) is 0.571. The van der Waals surface area contributed by atoms with Gasteiger partial charge >= 0.3 is 41.8 Å². The van der Waals surface area contributed by atoms with Crippen LogP contribution in [0.4, 0.5) is 0 Å². The van der Waals surface area contributed by atoms with Crippen LogP contribution in [-0.2, 0) is 76.1 Å². The van der Waals surface area contributed by atoms with E-state index in [0.29, 0.717) is 5.75 Å². The first-order valence-corrected chi connectivity index (χ1v) is 16.6. The second kappa shape index (κ2) is 17.7. The molecule has 1 N–H and O–H groups in total. The van der Waals surface area contributed by atoms with Crippen LogP contribution in [0.25, 0.3) is 0 Å². The molecule has 1 saturated heterocycles. The van der Waals surface area contributed by atoms with Gasteiger partial charge in [-0.05, 0) is 30.3 Å². The zero-order valence-corrected chi connectivity index (χ0v) is 30.4. The van der Waals surface area contributed by atoms with Gasteiger partial charge in [0.1, 0.15) is 36.8 Å². The number of ether oxygens (including phenoxy) is 11. The third-order valence-electron chi connectivity index (χ3n) is 8.55. The molecule has 1 aromatic rings. The molecule has 0 spiro atoms. The average molecular weight is 767 g/mol. The smallest absolute Gasteiger partial charge is 0.338 e. The number of carbonyl (C=O) groups excluding carboxylic acids is 7. The normalized spacial score (nSPS) is 31.0. The van der Waals surface area contributed by atoms with E-state index in [1.807, 2.05) is 0 Å². The zero-order valence-electron chi connectivity index (χ0n) is 30.4. The van der Waals surface area contributed by atoms with E-state index < -0.39 is 122 Å². The van der Waals surface area contributed by atoms with Gasteiger partial charge in [0.2, 0.25) is 12.6 Å². The van der Waals surface area contributed by atoms with Crippen molar-refractivity contribution in [3.63, 3.8) is 0 Å². The maximum absolute atomic E-state index is 13.5. The van der Waals surface area contributed by atoms with Crippen molar-refractivity contribution in [1.29, 1.82) is 0 Å². The minimum atomic E-state index is -2.40. The number of benzene rings is 1. The predicted octanol–water partition coefficient (Wildman–Crippen LogP) is 0.662. The standard InChI is InChI=1S/C35H42O19/c1-16(36)46-14-25-28(48-18(3)38)29(49-19(4)39)30(50-20(5)40)34(52-25)54-33-26-24(12-13-45-33)27(53-32(42)22-8-10-23(44-7)11-9-22)31(51-21(6)41)35(26,43)15-47-17(2)37/h8-13,24-31,33-34,43H,14-15H2,1-7H3/t24-,25-,26-,27+,28-,29+,30-,31-,33?,34+,35?/m1/s1. The highest BCUT2D eigenvalue weighted by Gasteiger charge is 2.68. The molecule has 0 radical (unpaired) electrons. The van der Waals surface area contributed by atoms with Crippen LogP contribution in [0.2, 0.25) is 0 Å². The van der Waals surface area contributed by atoms with Gasteiger partial charge in [-0.1, -0.05) is 0 Å². The summed E-state index contributed by atoms with van der Waals surface area (Å²) in [4.78, 5) is 86.6. The van der Waals surface area contributed by atoms with Gasteiger partial charge in [0.25, 0.3) is 0 Å². The van der Waals surface area contributed by atoms with Gasteiger partial charge in [0, 0.05) is 47.5 Å². The zero-order chi connectivity index (χ0) is 39.9. The van der Waals surface area contributed by atoms with Crippen molar-refractivity contribution < 1.29 is 90.8 Å². The molecule has 1 aromatic carbocycles. The molecule has 3 aliphatic rings. The lowest BCUT2D eigenvalue weighted by atomic mass is 9.83. The van der Waals surface area contributed by atoms with Crippen LogP contribution in [0.3, 0.4) is 0 Å². The molecule has 1 aliphatic carbocycles. The Hall–Kier alpha value is -5.27. The molecule has 54 heavy (non-hydrogen) atoms. The third-order valence-corrected chi connectivity index (χ3v) is 8.55. The number of methoxy groups -OCH3 is 1. The van der Waals surface area contributed by atoms with Crippen LogP contribution in [0.15, 0.2) is 36.6 Å². The molecule has 19 nitrogen and oxygen atoms in total. The Kier molecular flexibility index (Phi) is 13.6. The lowest BCUT2D eigenvalue weighted by molar-refractivity contribution is -0.350. The van der Waals surface area contributed by atoms with E-state index in [4.69, 9.17) is 52.1 Å². The van der Waals surface area contributed by atoms with E-state index in [0.717, 1.165) is 47.8 Å². The molecule has 2 fully saturated rings. The molecule has 1 saturated carbocycles. The summed E-state index contributed by atoms with van der Waals surface area (Å²) in [6.07, 6.45) is -10.2. The van der Waals surface area contributed by atoms with Gasteiger partial charge in [0.05, 0.1) is 24.9 Å². The van der Waals surface area contributed by atoms with Crippen molar-refractivity contribution in [2.75, 3.05) is 20.3 Å². The maximum atomic E-state index is 13.5. The molecule has 11 atom stereocenters. The first-order valence-electron chi connectivity index (χ1n) is 16.6. The number of hydrogen-bond acceptors (Lipinski definition) is 19. The summed E-state index contributed by atoms with van der Waals surface area (Å²) in [6, 6.07) is 5.88. The van der Waals surface area contributed by atoms with Gasteiger partial charge in [-0.3, -0.25) is 28.8 Å². The molecule has 19 heteroatoms. The predicted molar refractivity (Wildman–Crippen MR) is 173 cm³/mol. The minimum absolute atomic E-state index is 0.0747. The number of hydrogen-bond donors (Lipinski definition) is 1. The molecule has 2 aliphatic heterocycles. The SMILES string of the molecule is COc1ccc(C(=O)O[C@H]2[C@@H]3C=COC(O[C@@H]4O[C@H](COC(C)=O)[C@@H](OC(C)=O)[C@H](OC(C)=O)[C@H]4OC(C)=O)[C@@H]3C(O)(COC(C)=O)[C@@H]2OC(C)=O)cc1. The molecular formula is C35H42O19. The van der Waals surface area contributed by atoms with E-state index in [2.05, 4.69) is 0 Å². The molecule has 0 bridgehead atoms. The topological polar surface area (TPSA) is 241 Å². The van der Waals surface area contributed by atoms with Crippen LogP contribution in [0, 0.1) is 11.8 Å². The van der Waals surface area contributed by atoms with Gasteiger partial charge in [-0.15, -0.1) is 0 Å². The monoisotopic (exact) mass is 766 g/mol. The van der Waals surface area contributed by atoms with Crippen molar-refractivity contribution in [2.24, 2.45) is 11.8 Å². The van der Waals surface area contributed by atoms with Gasteiger partial charge in [-0.2, -0.15) is 0 Å². The van der Waals surface area contributed by atoms with Crippen molar-refractivity contribution in [1.82, 2.24) is 0 Å². The Morgan fingerprint density at radius 2 is 1.26 bits per heavy atom. The fourth-order valence-electron chi connectivity index (χ4n) is 6.51. The summed E-state index contributed by atoms with van der Waals surface area (Å²) in [6.45, 7) is 4.96. The van der Waals surface area contributed by atoms with E-state index in [9.17, 15) is 38.7 Å². The van der Waals surface area contributed by atoms with E-state index in [1.54, 1.807) is 0 Å². The Balaban J connectivity index is 1.79. The minimum Gasteiger partial charge on any atom is -0.497 e. The molecule has 4 rings (SSSR count). The summed E-state index contributed by atoms with van der Waals surface area (Å²) in [5.74, 6) is -8.06. The Labute approximate surface area is 308 Å². The van der Waals surface area contributed by atoms with Crippen LogP contribution < -0.4 is 4.74 Å². The highest BCUT2D eigenvalue weighted by Crippen LogP contribution is 2.50. The first-order chi connectivity index (χ1) is 25.4. The summed E-state index contributed by atoms with van der Waals surface area (Å²) in [5.41, 5.74) is -2.33. The van der Waals surface area contributed by atoms with Crippen LogP contribution in [0.1, 0.15) is 51.9 Å². The van der Waals surface area contributed by atoms with Crippen LogP contribution in [-0.4, -0.2) is 122 Å². The van der Waals surface area contributed by atoms with E-state index >= 15 is 0 Å². The van der Waals surface area contributed by atoms with Crippen molar-refractivity contribution in [3.05, 3.63) is 42.2 Å². The first kappa shape index (κ1) is 41.5. The fourth-order valence-corrected chi connectivity index (χ4v) is 6.51. The third kappa shape index (κ3) is 9.83. The van der Waals surface area contributed by atoms with Crippen molar-refractivity contribution in [2.45, 2.75) is 96.3 Å². The molecule has 2 unspecified atom stereocenters. The number of rotatable bonds is 13. The lowest BCUT2D eigenvalue weighted by Crippen LogP contribution is -2.64. The van der Waals surface area contributed by atoms with Gasteiger partial charge in [-0.25, -0.2) is 4.79 Å². The Bertz CT molecular complexity index is 1610. The largest absolute Gasteiger partial charge is 0.497 e. The molecule has 2 heterocycles. The second-order valence-electron chi connectivity index (χ2n) is 12.5. The second-order valence-corrected chi connectivity index (χ2v) is 12.5. The van der Waals surface area contributed by atoms with Crippen LogP contribution >= 0.6 is 0 Å². The maximum Gasteiger partial charge on any atom is 0.338 e. The molecular weight excluding hydrogens is 724 g/mol. The summed E-state index contributed by atoms with van der Waals surface area (Å²) < 4.78 is 61.4. The molecule has 0 amide bonds. The van der Waals surface area contributed by atoms with Gasteiger partial charge < -0.3 is 57.2 Å². The summed E-state index contributed by atoms with van der Waals surface area (Å²) >= 11 is 0. The van der Waals surface area contributed by atoms with Crippen LogP contribution in [0.5, 0.6) is 5.75 Å². The number of aliphatic hydroxyl groups is 1. The number of carbonyl (C=O) groups is 7. The molecule has 0 aromatic heterocycles. The summed E-state index contributed by atoms with van der Waals surface area (Å²) in [7, 11) is 1.44. The lowest BCUT2D eigenvalue weighted by Gasteiger charge is -2.46. The Morgan fingerprint density at radius 1 is 0.685 bits per heavy atom.